The molecule has 0 amide bonds. The minimum atomic E-state index is -3.64. The maximum Gasteiger partial charge on any atom is 0.183 e. The van der Waals surface area contributed by atoms with Gasteiger partial charge in [0.2, 0.25) is 0 Å². The summed E-state index contributed by atoms with van der Waals surface area (Å²) in [5.74, 6) is -0.475. The number of sulfone groups is 1. The van der Waals surface area contributed by atoms with Gasteiger partial charge in [0.25, 0.3) is 0 Å². The van der Waals surface area contributed by atoms with Gasteiger partial charge in [0.1, 0.15) is 0 Å². The zero-order valence-corrected chi connectivity index (χ0v) is 14.2. The molecule has 3 atom stereocenters. The second-order valence-corrected chi connectivity index (χ2v) is 8.59. The van der Waals surface area contributed by atoms with Gasteiger partial charge >= 0.3 is 0 Å². The summed E-state index contributed by atoms with van der Waals surface area (Å²) in [5, 5.41) is 9.32. The zero-order chi connectivity index (χ0) is 16.8. The Morgan fingerprint density at radius 3 is 2.43 bits per heavy atom. The third-order valence-electron chi connectivity index (χ3n) is 4.47. The summed E-state index contributed by atoms with van der Waals surface area (Å²) in [7, 11) is -3.64. The second kappa shape index (κ2) is 5.60. The molecular weight excluding hydrogens is 334 g/mol. The molecule has 122 valence electrons. The van der Waals surface area contributed by atoms with Crippen molar-refractivity contribution in [3.8, 4) is 0 Å². The molecule has 2 aromatic rings. The Labute approximate surface area is 140 Å². The van der Waals surface area contributed by atoms with Gasteiger partial charge in [-0.05, 0) is 36.8 Å². The molecule has 2 aromatic carbocycles. The third kappa shape index (κ3) is 2.68. The molecule has 0 radical (unpaired) electrons. The molecule has 0 heterocycles. The average Bonchev–Trinajstić information content (AvgIpc) is 3.15. The van der Waals surface area contributed by atoms with Crippen LogP contribution in [-0.2, 0) is 9.84 Å². The van der Waals surface area contributed by atoms with E-state index in [1.165, 1.54) is 0 Å². The van der Waals surface area contributed by atoms with Crippen molar-refractivity contribution in [2.75, 3.05) is 6.61 Å². The second-order valence-electron chi connectivity index (χ2n) is 6.08. The summed E-state index contributed by atoms with van der Waals surface area (Å²) < 4.78 is 25.8. The van der Waals surface area contributed by atoms with Crippen LogP contribution in [0.15, 0.2) is 53.4 Å². The molecule has 4 nitrogen and oxygen atoms in total. The van der Waals surface area contributed by atoms with Crippen molar-refractivity contribution >= 4 is 21.4 Å². The number of halogens is 1. The van der Waals surface area contributed by atoms with E-state index in [0.29, 0.717) is 5.02 Å². The predicted molar refractivity (Wildman–Crippen MR) is 90.4 cm³/mol. The fourth-order valence-electron chi connectivity index (χ4n) is 3.14. The van der Waals surface area contributed by atoms with E-state index in [-0.39, 0.29) is 4.90 Å². The number of nitrogens with two attached hydrogens (primary N) is 1. The predicted octanol–water partition coefficient (Wildman–Crippen LogP) is 2.28. The Kier molecular flexibility index (Phi) is 4.01. The van der Waals surface area contributed by atoms with E-state index in [1.807, 2.05) is 6.92 Å². The van der Waals surface area contributed by atoms with E-state index in [9.17, 15) is 13.5 Å². The minimum absolute atomic E-state index is 0.223. The number of hydrogen-bond acceptors (Lipinski definition) is 4. The Balaban J connectivity index is 2.03. The number of benzene rings is 2. The Hall–Kier alpha value is -1.40. The molecular formula is C17H18ClNO3S. The highest BCUT2D eigenvalue weighted by Gasteiger charge is 2.69. The maximum atomic E-state index is 12.9. The van der Waals surface area contributed by atoms with Crippen LogP contribution in [0.2, 0.25) is 5.02 Å². The molecule has 0 unspecified atom stereocenters. The topological polar surface area (TPSA) is 80.4 Å². The van der Waals surface area contributed by atoms with Gasteiger partial charge in [-0.1, -0.05) is 41.4 Å². The first-order valence-electron chi connectivity index (χ1n) is 7.26. The minimum Gasteiger partial charge on any atom is -0.394 e. The molecule has 0 aromatic heterocycles. The molecule has 6 heteroatoms. The van der Waals surface area contributed by atoms with Crippen LogP contribution in [-0.4, -0.2) is 30.9 Å². The van der Waals surface area contributed by atoms with Crippen LogP contribution in [0.4, 0.5) is 0 Å². The van der Waals surface area contributed by atoms with E-state index in [4.69, 9.17) is 17.3 Å². The molecule has 23 heavy (non-hydrogen) atoms. The van der Waals surface area contributed by atoms with E-state index in [2.05, 4.69) is 0 Å². The van der Waals surface area contributed by atoms with Crippen LogP contribution in [0, 0.1) is 6.92 Å². The van der Waals surface area contributed by atoms with Gasteiger partial charge in [0.05, 0.1) is 22.3 Å². The van der Waals surface area contributed by atoms with Crippen molar-refractivity contribution in [3.63, 3.8) is 0 Å². The molecule has 1 aliphatic carbocycles. The van der Waals surface area contributed by atoms with E-state index >= 15 is 0 Å². The summed E-state index contributed by atoms with van der Waals surface area (Å²) in [6.07, 6.45) is 0. The van der Waals surface area contributed by atoms with Crippen molar-refractivity contribution in [3.05, 3.63) is 64.7 Å². The van der Waals surface area contributed by atoms with Crippen molar-refractivity contribution < 1.29 is 13.5 Å². The number of hydrogen-bond donors (Lipinski definition) is 2. The summed E-state index contributed by atoms with van der Waals surface area (Å²) >= 11 is 6.00. The smallest absolute Gasteiger partial charge is 0.183 e. The third-order valence-corrected chi connectivity index (χ3v) is 7.01. The molecule has 1 aliphatic rings. The summed E-state index contributed by atoms with van der Waals surface area (Å²) in [6, 6.07) is 13.6. The first-order valence-corrected chi connectivity index (χ1v) is 9.19. The van der Waals surface area contributed by atoms with Gasteiger partial charge in [-0.3, -0.25) is 0 Å². The van der Waals surface area contributed by atoms with Gasteiger partial charge < -0.3 is 10.8 Å². The lowest BCUT2D eigenvalue weighted by atomic mass is 10.1. The number of rotatable bonds is 4. The highest BCUT2D eigenvalue weighted by molar-refractivity contribution is 7.92. The largest absolute Gasteiger partial charge is 0.394 e. The molecule has 1 saturated carbocycles. The van der Waals surface area contributed by atoms with Crippen molar-refractivity contribution in [2.45, 2.75) is 28.5 Å². The van der Waals surface area contributed by atoms with Crippen LogP contribution < -0.4 is 5.73 Å². The average molecular weight is 352 g/mol. The first-order chi connectivity index (χ1) is 10.8. The molecule has 0 bridgehead atoms. The highest BCUT2D eigenvalue weighted by atomic mass is 35.5. The Bertz CT molecular complexity index is 835. The van der Waals surface area contributed by atoms with E-state index < -0.39 is 33.2 Å². The number of aliphatic hydroxyl groups excluding tert-OH is 1. The standard InChI is InChI=1S/C17H18ClNO3S/c1-11-5-7-14(8-6-11)23(21,22)16-15(17(16,19)10-20)12-3-2-4-13(18)9-12/h2-9,15-16,20H,10,19H2,1H3/t15-,16-,17-/m0/s1. The molecule has 0 saturated heterocycles. The molecule has 3 N–H and O–H groups in total. The van der Waals surface area contributed by atoms with Gasteiger partial charge in [0, 0.05) is 10.9 Å². The zero-order valence-electron chi connectivity index (χ0n) is 12.6. The quantitative estimate of drug-likeness (QED) is 0.885. The van der Waals surface area contributed by atoms with Crippen LogP contribution in [0.1, 0.15) is 17.0 Å². The molecule has 1 fully saturated rings. The van der Waals surface area contributed by atoms with E-state index in [0.717, 1.165) is 11.1 Å². The van der Waals surface area contributed by atoms with Crippen molar-refractivity contribution in [2.24, 2.45) is 5.73 Å². The van der Waals surface area contributed by atoms with Crippen LogP contribution in [0.25, 0.3) is 0 Å². The number of aryl methyl sites for hydroxylation is 1. The fraction of sp³-hybridized carbons (Fsp3) is 0.294. The number of aliphatic hydroxyl groups is 1. The Morgan fingerprint density at radius 1 is 1.22 bits per heavy atom. The lowest BCUT2D eigenvalue weighted by Gasteiger charge is -2.08. The van der Waals surface area contributed by atoms with Gasteiger partial charge in [0.15, 0.2) is 9.84 Å². The molecule has 0 spiro atoms. The van der Waals surface area contributed by atoms with Gasteiger partial charge in [-0.15, -0.1) is 0 Å². The first kappa shape index (κ1) is 16.5. The summed E-state index contributed by atoms with van der Waals surface area (Å²) in [4.78, 5) is 0.223. The highest BCUT2D eigenvalue weighted by Crippen LogP contribution is 2.55. The van der Waals surface area contributed by atoms with Crippen molar-refractivity contribution in [1.82, 2.24) is 0 Å². The Morgan fingerprint density at radius 2 is 1.87 bits per heavy atom. The van der Waals surface area contributed by atoms with E-state index in [1.54, 1.807) is 48.5 Å². The lowest BCUT2D eigenvalue weighted by molar-refractivity contribution is 0.253. The maximum absolute atomic E-state index is 12.9. The molecule has 0 aliphatic heterocycles. The lowest BCUT2D eigenvalue weighted by Crippen LogP contribution is -2.35. The van der Waals surface area contributed by atoms with Crippen molar-refractivity contribution in [1.29, 1.82) is 0 Å². The van der Waals surface area contributed by atoms with Gasteiger partial charge in [-0.25, -0.2) is 8.42 Å². The monoisotopic (exact) mass is 351 g/mol. The SMILES string of the molecule is Cc1ccc(S(=O)(=O)[C@H]2[C@H](c3cccc(Cl)c3)[C@@]2(N)CO)cc1. The summed E-state index contributed by atoms with van der Waals surface area (Å²) in [6.45, 7) is 1.49. The molecule has 3 rings (SSSR count). The van der Waals surface area contributed by atoms with Crippen LogP contribution in [0.3, 0.4) is 0 Å². The van der Waals surface area contributed by atoms with Crippen LogP contribution >= 0.6 is 11.6 Å². The van der Waals surface area contributed by atoms with Crippen LogP contribution in [0.5, 0.6) is 0 Å². The fourth-order valence-corrected chi connectivity index (χ4v) is 5.64. The summed E-state index contributed by atoms with van der Waals surface area (Å²) in [5.41, 5.74) is 6.72. The van der Waals surface area contributed by atoms with Gasteiger partial charge in [-0.2, -0.15) is 0 Å². The normalized spacial score (nSPS) is 27.0.